The van der Waals surface area contributed by atoms with Gasteiger partial charge in [-0.25, -0.2) is 4.39 Å². The van der Waals surface area contributed by atoms with E-state index in [1.807, 2.05) is 0 Å². The molecule has 0 aliphatic heterocycles. The van der Waals surface area contributed by atoms with E-state index in [2.05, 4.69) is 4.98 Å². The summed E-state index contributed by atoms with van der Waals surface area (Å²) >= 11 is 5.87. The molecule has 0 fully saturated rings. The van der Waals surface area contributed by atoms with E-state index in [4.69, 9.17) is 27.5 Å². The van der Waals surface area contributed by atoms with E-state index in [-0.39, 0.29) is 33.4 Å². The van der Waals surface area contributed by atoms with Crippen LogP contribution in [-0.2, 0) is 6.18 Å². The molecule has 0 spiro atoms. The SMILES string of the molecule is Nc1oc2c(-c3cccc(C(F)(F)F)c3)ncc(-c3ccc(F)c(Cl)c3)c2c1N. The number of hydrogen-bond acceptors (Lipinski definition) is 4. The third kappa shape index (κ3) is 3.25. The van der Waals surface area contributed by atoms with Crippen LogP contribution in [0.3, 0.4) is 0 Å². The molecule has 4 aromatic rings. The fourth-order valence-electron chi connectivity index (χ4n) is 3.08. The number of aromatic nitrogens is 1. The smallest absolute Gasteiger partial charge is 0.416 e. The van der Waals surface area contributed by atoms with E-state index in [1.54, 1.807) is 0 Å². The maximum Gasteiger partial charge on any atom is 0.416 e. The highest BCUT2D eigenvalue weighted by Crippen LogP contribution is 2.42. The maximum absolute atomic E-state index is 13.5. The molecule has 0 atom stereocenters. The molecule has 2 aromatic carbocycles. The van der Waals surface area contributed by atoms with Gasteiger partial charge in [0.15, 0.2) is 5.58 Å². The minimum Gasteiger partial charge on any atom is -0.436 e. The highest BCUT2D eigenvalue weighted by Gasteiger charge is 2.31. The number of furan rings is 1. The summed E-state index contributed by atoms with van der Waals surface area (Å²) in [5.41, 5.74) is 12.5. The predicted octanol–water partition coefficient (Wildman–Crippen LogP) is 6.14. The Hall–Kier alpha value is -3.26. The fourth-order valence-corrected chi connectivity index (χ4v) is 3.26. The zero-order valence-electron chi connectivity index (χ0n) is 14.5. The highest BCUT2D eigenvalue weighted by molar-refractivity contribution is 6.31. The number of halogens is 5. The molecule has 29 heavy (non-hydrogen) atoms. The van der Waals surface area contributed by atoms with Gasteiger partial charge in [0.05, 0.1) is 16.0 Å². The van der Waals surface area contributed by atoms with Gasteiger partial charge >= 0.3 is 6.18 Å². The average Bonchev–Trinajstić information content (AvgIpc) is 2.98. The zero-order chi connectivity index (χ0) is 20.9. The number of anilines is 2. The lowest BCUT2D eigenvalue weighted by Gasteiger charge is -2.10. The van der Waals surface area contributed by atoms with Gasteiger partial charge in [-0.2, -0.15) is 13.2 Å². The van der Waals surface area contributed by atoms with Gasteiger partial charge < -0.3 is 15.9 Å². The topological polar surface area (TPSA) is 78.1 Å². The van der Waals surface area contributed by atoms with E-state index in [0.717, 1.165) is 12.1 Å². The summed E-state index contributed by atoms with van der Waals surface area (Å²) in [7, 11) is 0. The minimum atomic E-state index is -4.51. The Morgan fingerprint density at radius 2 is 1.76 bits per heavy atom. The van der Waals surface area contributed by atoms with Crippen molar-refractivity contribution in [1.82, 2.24) is 4.98 Å². The second-order valence-electron chi connectivity index (χ2n) is 6.31. The van der Waals surface area contributed by atoms with Gasteiger partial charge in [0.25, 0.3) is 0 Å². The van der Waals surface area contributed by atoms with Crippen LogP contribution in [0.5, 0.6) is 0 Å². The van der Waals surface area contributed by atoms with E-state index >= 15 is 0 Å². The summed E-state index contributed by atoms with van der Waals surface area (Å²) in [5, 5.41) is 0.250. The number of rotatable bonds is 2. The molecule has 4 N–H and O–H groups in total. The normalized spacial score (nSPS) is 11.9. The lowest BCUT2D eigenvalue weighted by atomic mass is 10.00. The van der Waals surface area contributed by atoms with Crippen LogP contribution in [-0.4, -0.2) is 4.98 Å². The Morgan fingerprint density at radius 3 is 2.45 bits per heavy atom. The number of nitrogens with two attached hydrogens (primary N) is 2. The van der Waals surface area contributed by atoms with Crippen LogP contribution in [0.15, 0.2) is 53.1 Å². The minimum absolute atomic E-state index is 0.101. The number of hydrogen-bond donors (Lipinski definition) is 2. The Kier molecular flexibility index (Phi) is 4.38. The van der Waals surface area contributed by atoms with Gasteiger partial charge in [-0.1, -0.05) is 29.8 Å². The Labute approximate surface area is 166 Å². The maximum atomic E-state index is 13.5. The van der Waals surface area contributed by atoms with Gasteiger partial charge in [-0.05, 0) is 29.8 Å². The van der Waals surface area contributed by atoms with Crippen molar-refractivity contribution < 1.29 is 22.0 Å². The molecule has 0 aliphatic carbocycles. The molecule has 0 bridgehead atoms. The van der Waals surface area contributed by atoms with Crippen molar-refractivity contribution >= 4 is 34.1 Å². The predicted molar refractivity (Wildman–Crippen MR) is 104 cm³/mol. The molecule has 9 heteroatoms. The molecule has 2 heterocycles. The molecular weight excluding hydrogens is 410 g/mol. The van der Waals surface area contributed by atoms with Crippen molar-refractivity contribution in [3.05, 3.63) is 65.1 Å². The zero-order valence-corrected chi connectivity index (χ0v) is 15.3. The molecule has 4 rings (SSSR count). The number of nitrogen functional groups attached to an aromatic ring is 2. The molecule has 2 aromatic heterocycles. The molecular formula is C20H12ClF4N3O. The van der Waals surface area contributed by atoms with Crippen LogP contribution in [0, 0.1) is 5.82 Å². The van der Waals surface area contributed by atoms with E-state index in [1.165, 1.54) is 36.5 Å². The number of alkyl halides is 3. The molecule has 148 valence electrons. The van der Waals surface area contributed by atoms with Crippen LogP contribution in [0.4, 0.5) is 29.1 Å². The van der Waals surface area contributed by atoms with Crippen LogP contribution in [0.1, 0.15) is 5.56 Å². The fraction of sp³-hybridized carbons (Fsp3) is 0.0500. The number of fused-ring (bicyclic) bond motifs is 1. The molecule has 0 radical (unpaired) electrons. The van der Waals surface area contributed by atoms with Crippen LogP contribution in [0.25, 0.3) is 33.4 Å². The Morgan fingerprint density at radius 1 is 1.00 bits per heavy atom. The van der Waals surface area contributed by atoms with Crippen molar-refractivity contribution in [2.45, 2.75) is 6.18 Å². The van der Waals surface area contributed by atoms with Crippen LogP contribution < -0.4 is 11.5 Å². The Balaban J connectivity index is 1.98. The van der Waals surface area contributed by atoms with Crippen molar-refractivity contribution in [2.24, 2.45) is 0 Å². The summed E-state index contributed by atoms with van der Waals surface area (Å²) in [6, 6.07) is 8.72. The van der Waals surface area contributed by atoms with Gasteiger partial charge in [0.2, 0.25) is 5.88 Å². The molecule has 0 saturated heterocycles. The monoisotopic (exact) mass is 421 g/mol. The third-order valence-electron chi connectivity index (χ3n) is 4.47. The lowest BCUT2D eigenvalue weighted by Crippen LogP contribution is -2.04. The third-order valence-corrected chi connectivity index (χ3v) is 4.76. The average molecular weight is 422 g/mol. The highest BCUT2D eigenvalue weighted by atomic mass is 35.5. The number of pyridine rings is 1. The van der Waals surface area contributed by atoms with Gasteiger partial charge in [0, 0.05) is 17.3 Å². The van der Waals surface area contributed by atoms with Crippen LogP contribution in [0.2, 0.25) is 5.02 Å². The van der Waals surface area contributed by atoms with E-state index in [9.17, 15) is 17.6 Å². The van der Waals surface area contributed by atoms with Crippen molar-refractivity contribution in [1.29, 1.82) is 0 Å². The quantitative estimate of drug-likeness (QED) is 0.381. The number of nitrogens with zero attached hydrogens (tertiary/aromatic N) is 1. The summed E-state index contributed by atoms with van der Waals surface area (Å²) in [4.78, 5) is 4.27. The summed E-state index contributed by atoms with van der Waals surface area (Å²) < 4.78 is 58.3. The second-order valence-corrected chi connectivity index (χ2v) is 6.72. The first-order valence-corrected chi connectivity index (χ1v) is 8.64. The molecule has 0 amide bonds. The van der Waals surface area contributed by atoms with Crippen molar-refractivity contribution in [3.8, 4) is 22.4 Å². The second kappa shape index (κ2) is 6.66. The van der Waals surface area contributed by atoms with Gasteiger partial charge in [-0.3, -0.25) is 4.98 Å². The molecule has 0 saturated carbocycles. The molecule has 0 aliphatic rings. The van der Waals surface area contributed by atoms with E-state index in [0.29, 0.717) is 16.5 Å². The standard InChI is InChI=1S/C20H12ClF4N3O/c21-13-7-9(4-5-14(13)22)12-8-28-17(18-15(12)16(26)19(27)29-18)10-2-1-3-11(6-10)20(23,24)25/h1-8H,26-27H2. The summed E-state index contributed by atoms with van der Waals surface area (Å²) in [6.45, 7) is 0. The Bertz CT molecular complexity index is 1250. The van der Waals surface area contributed by atoms with Crippen molar-refractivity contribution in [3.63, 3.8) is 0 Å². The molecule has 0 unspecified atom stereocenters. The molecule has 4 nitrogen and oxygen atoms in total. The first-order valence-electron chi connectivity index (χ1n) is 8.26. The van der Waals surface area contributed by atoms with Crippen LogP contribution >= 0.6 is 11.6 Å². The summed E-state index contributed by atoms with van der Waals surface area (Å²) in [5.74, 6) is -0.699. The first kappa shape index (κ1) is 19.1. The lowest BCUT2D eigenvalue weighted by molar-refractivity contribution is -0.137. The van der Waals surface area contributed by atoms with E-state index < -0.39 is 17.6 Å². The summed E-state index contributed by atoms with van der Waals surface area (Å²) in [6.07, 6.45) is -3.10. The van der Waals surface area contributed by atoms with Gasteiger partial charge in [0.1, 0.15) is 17.2 Å². The van der Waals surface area contributed by atoms with Crippen molar-refractivity contribution in [2.75, 3.05) is 11.5 Å². The first-order chi connectivity index (χ1) is 13.7. The number of benzene rings is 2. The van der Waals surface area contributed by atoms with Gasteiger partial charge in [-0.15, -0.1) is 0 Å². The largest absolute Gasteiger partial charge is 0.436 e.